The number of benzene rings is 3. The van der Waals surface area contributed by atoms with Crippen LogP contribution in [0.5, 0.6) is 0 Å². The number of hydrogen-bond donors (Lipinski definition) is 1. The van der Waals surface area contributed by atoms with Crippen LogP contribution in [-0.4, -0.2) is 50.5 Å². The van der Waals surface area contributed by atoms with Crippen LogP contribution in [0.15, 0.2) is 91.0 Å². The summed E-state index contributed by atoms with van der Waals surface area (Å²) >= 11 is 0. The van der Waals surface area contributed by atoms with E-state index in [-0.39, 0.29) is 6.61 Å². The molecule has 6 atom stereocenters. The molecule has 7 nitrogen and oxygen atoms in total. The first-order valence-corrected chi connectivity index (χ1v) is 12.2. The molecule has 0 amide bonds. The van der Waals surface area contributed by atoms with Crippen LogP contribution in [0.3, 0.4) is 0 Å². The fourth-order valence-electron chi connectivity index (χ4n) is 4.79. The first kappa shape index (κ1) is 25.0. The van der Waals surface area contributed by atoms with Crippen molar-refractivity contribution in [3.05, 3.63) is 108 Å². The van der Waals surface area contributed by atoms with Gasteiger partial charge in [-0.2, -0.15) is 0 Å². The van der Waals surface area contributed by atoms with Gasteiger partial charge in [0, 0.05) is 12.7 Å². The average Bonchev–Trinajstić information content (AvgIpc) is 2.93. The van der Waals surface area contributed by atoms with Gasteiger partial charge in [0.2, 0.25) is 0 Å². The Hall–Kier alpha value is -2.62. The average molecular weight is 492 g/mol. The van der Waals surface area contributed by atoms with Crippen LogP contribution in [0.25, 0.3) is 0 Å². The summed E-state index contributed by atoms with van der Waals surface area (Å²) in [4.78, 5) is 0. The van der Waals surface area contributed by atoms with Crippen LogP contribution >= 0.6 is 0 Å². The first-order valence-electron chi connectivity index (χ1n) is 12.2. The van der Waals surface area contributed by atoms with Crippen molar-refractivity contribution in [2.45, 2.75) is 49.6 Å². The van der Waals surface area contributed by atoms with Crippen molar-refractivity contribution in [2.75, 3.05) is 20.3 Å². The highest BCUT2D eigenvalue weighted by Crippen LogP contribution is 2.39. The molecular weight excluding hydrogens is 458 g/mol. The Labute approximate surface area is 212 Å². The molecule has 0 aromatic heterocycles. The molecule has 2 aliphatic heterocycles. The molecule has 3 aromatic rings. The minimum atomic E-state index is -1.13. The molecule has 2 aliphatic rings. The summed E-state index contributed by atoms with van der Waals surface area (Å²) in [5.41, 5.74) is 8.91. The maximum atomic E-state index is 7.06. The van der Waals surface area contributed by atoms with Gasteiger partial charge in [-0.3, -0.25) is 0 Å². The molecule has 7 heteroatoms. The molecule has 36 heavy (non-hydrogen) atoms. The molecule has 2 fully saturated rings. The van der Waals surface area contributed by atoms with Crippen LogP contribution in [0.2, 0.25) is 0 Å². The highest BCUT2D eigenvalue weighted by atomic mass is 16.8. The van der Waals surface area contributed by atoms with Crippen molar-refractivity contribution < 1.29 is 28.4 Å². The number of nitrogens with two attached hydrogens (primary N) is 1. The van der Waals surface area contributed by atoms with Crippen LogP contribution in [0.4, 0.5) is 0 Å². The summed E-state index contributed by atoms with van der Waals surface area (Å²) in [5.74, 6) is 0. The number of methoxy groups -OCH3 is 1. The third kappa shape index (κ3) is 5.53. The van der Waals surface area contributed by atoms with Crippen LogP contribution in [0.1, 0.15) is 23.0 Å². The molecule has 0 spiro atoms. The maximum absolute atomic E-state index is 7.06. The lowest BCUT2D eigenvalue weighted by Gasteiger charge is -2.53. The van der Waals surface area contributed by atoms with Crippen LogP contribution < -0.4 is 5.73 Å². The van der Waals surface area contributed by atoms with Gasteiger partial charge in [-0.05, 0) is 11.1 Å². The minimum absolute atomic E-state index is 0.162. The molecule has 190 valence electrons. The van der Waals surface area contributed by atoms with Gasteiger partial charge in [-0.1, -0.05) is 91.0 Å². The summed E-state index contributed by atoms with van der Waals surface area (Å²) in [6.07, 6.45) is -2.82. The van der Waals surface area contributed by atoms with E-state index in [1.807, 2.05) is 91.0 Å². The van der Waals surface area contributed by atoms with Crippen molar-refractivity contribution >= 4 is 0 Å². The van der Waals surface area contributed by atoms with Gasteiger partial charge in [0.05, 0.1) is 26.4 Å². The zero-order valence-corrected chi connectivity index (χ0v) is 20.4. The summed E-state index contributed by atoms with van der Waals surface area (Å²) in [6.45, 7) is 1.19. The van der Waals surface area contributed by atoms with Gasteiger partial charge < -0.3 is 34.2 Å². The van der Waals surface area contributed by atoms with E-state index >= 15 is 0 Å². The van der Waals surface area contributed by atoms with E-state index < -0.39 is 36.4 Å². The number of ether oxygens (including phenoxy) is 6. The minimum Gasteiger partial charge on any atom is -0.382 e. The molecular formula is C29H33NO6. The molecule has 3 aromatic carbocycles. The SMILES string of the molecule is COC[C@]1(N)[C@H](OCc2ccccc2)O[C@@H]2COC(c3ccccc3)O[C@H]2[C@@H]1OCc1ccccc1. The number of rotatable bonds is 9. The van der Waals surface area contributed by atoms with Crippen LogP contribution in [0, 0.1) is 0 Å². The lowest BCUT2D eigenvalue weighted by molar-refractivity contribution is -0.367. The monoisotopic (exact) mass is 491 g/mol. The highest BCUT2D eigenvalue weighted by molar-refractivity contribution is 5.18. The summed E-state index contributed by atoms with van der Waals surface area (Å²) in [5, 5.41) is 0. The highest BCUT2D eigenvalue weighted by Gasteiger charge is 2.58. The molecule has 2 heterocycles. The first-order chi connectivity index (χ1) is 17.7. The molecule has 0 radical (unpaired) electrons. The Bertz CT molecular complexity index is 1070. The van der Waals surface area contributed by atoms with Gasteiger partial charge in [-0.15, -0.1) is 0 Å². The van der Waals surface area contributed by atoms with Crippen molar-refractivity contribution in [3.8, 4) is 0 Å². The summed E-state index contributed by atoms with van der Waals surface area (Å²) in [7, 11) is 1.61. The fraction of sp³-hybridized carbons (Fsp3) is 0.379. The predicted octanol–water partition coefficient (Wildman–Crippen LogP) is 3.97. The molecule has 2 saturated heterocycles. The van der Waals surface area contributed by atoms with Crippen molar-refractivity contribution in [3.63, 3.8) is 0 Å². The summed E-state index contributed by atoms with van der Waals surface area (Å²) < 4.78 is 37.3. The largest absolute Gasteiger partial charge is 0.382 e. The van der Waals surface area contributed by atoms with E-state index in [0.717, 1.165) is 16.7 Å². The molecule has 1 unspecified atom stereocenters. The van der Waals surface area contributed by atoms with Crippen LogP contribution in [-0.2, 0) is 41.6 Å². The van der Waals surface area contributed by atoms with Gasteiger partial charge in [0.25, 0.3) is 0 Å². The Balaban J connectivity index is 1.42. The smallest absolute Gasteiger partial charge is 0.184 e. The van der Waals surface area contributed by atoms with E-state index in [1.165, 1.54) is 0 Å². The molecule has 0 bridgehead atoms. The van der Waals surface area contributed by atoms with E-state index in [2.05, 4.69) is 0 Å². The van der Waals surface area contributed by atoms with Gasteiger partial charge >= 0.3 is 0 Å². The second-order valence-corrected chi connectivity index (χ2v) is 9.24. The Kier molecular flexibility index (Phi) is 8.09. The molecule has 5 rings (SSSR count). The number of fused-ring (bicyclic) bond motifs is 1. The normalized spacial score (nSPS) is 30.0. The fourth-order valence-corrected chi connectivity index (χ4v) is 4.79. The second kappa shape index (κ2) is 11.6. The van der Waals surface area contributed by atoms with E-state index in [4.69, 9.17) is 34.2 Å². The van der Waals surface area contributed by atoms with Gasteiger partial charge in [-0.25, -0.2) is 0 Å². The molecule has 0 aliphatic carbocycles. The van der Waals surface area contributed by atoms with Gasteiger partial charge in [0.1, 0.15) is 23.9 Å². The summed E-state index contributed by atoms with van der Waals surface area (Å²) in [6, 6.07) is 29.7. The quantitative estimate of drug-likeness (QED) is 0.485. The van der Waals surface area contributed by atoms with Crippen molar-refractivity contribution in [1.29, 1.82) is 0 Å². The standard InChI is InChI=1S/C29H33NO6/c1-31-20-29(30)26(32-17-21-11-5-2-6-12-21)25-24(19-33-27(36-25)23-15-9-4-10-16-23)35-28(29)34-18-22-13-7-3-8-14-22/h2-16,24-28H,17-20,30H2,1H3/t24-,25-,26+,27?,28-,29-/m1/s1. The third-order valence-electron chi connectivity index (χ3n) is 6.61. The third-order valence-corrected chi connectivity index (χ3v) is 6.61. The molecule has 0 saturated carbocycles. The predicted molar refractivity (Wildman–Crippen MR) is 134 cm³/mol. The Morgan fingerprint density at radius 1 is 0.806 bits per heavy atom. The second-order valence-electron chi connectivity index (χ2n) is 9.24. The Morgan fingerprint density at radius 2 is 1.39 bits per heavy atom. The van der Waals surface area contributed by atoms with Crippen molar-refractivity contribution in [1.82, 2.24) is 0 Å². The topological polar surface area (TPSA) is 81.4 Å². The molecule has 2 N–H and O–H groups in total. The zero-order chi connectivity index (χ0) is 24.8. The Morgan fingerprint density at radius 3 is 2.00 bits per heavy atom. The van der Waals surface area contributed by atoms with E-state index in [0.29, 0.717) is 19.8 Å². The zero-order valence-electron chi connectivity index (χ0n) is 20.4. The van der Waals surface area contributed by atoms with Crippen molar-refractivity contribution in [2.24, 2.45) is 5.73 Å². The lowest BCUT2D eigenvalue weighted by atomic mass is 9.83. The van der Waals surface area contributed by atoms with E-state index in [1.54, 1.807) is 7.11 Å². The van der Waals surface area contributed by atoms with Gasteiger partial charge in [0.15, 0.2) is 12.6 Å². The number of hydrogen-bond acceptors (Lipinski definition) is 7. The lowest BCUT2D eigenvalue weighted by Crippen LogP contribution is -2.75. The van der Waals surface area contributed by atoms with E-state index in [9.17, 15) is 0 Å². The maximum Gasteiger partial charge on any atom is 0.184 e.